The van der Waals surface area contributed by atoms with E-state index >= 15 is 0 Å². The normalized spacial score (nSPS) is 18.8. The summed E-state index contributed by atoms with van der Waals surface area (Å²) in [6.07, 6.45) is -0.505. The maximum absolute atomic E-state index is 5.38. The van der Waals surface area contributed by atoms with Crippen molar-refractivity contribution in [3.8, 4) is 0 Å². The third-order valence-corrected chi connectivity index (χ3v) is 1.05. The molecule has 50 valence electrons. The van der Waals surface area contributed by atoms with Gasteiger partial charge in [0.2, 0.25) is 0 Å². The van der Waals surface area contributed by atoms with Crippen LogP contribution in [0.25, 0.3) is 0 Å². The van der Waals surface area contributed by atoms with Crippen LogP contribution in [0.4, 0.5) is 0 Å². The second-order valence-corrected chi connectivity index (χ2v) is 2.01. The summed E-state index contributed by atoms with van der Waals surface area (Å²) in [5.74, 6) is 0. The van der Waals surface area contributed by atoms with Crippen molar-refractivity contribution in [1.82, 2.24) is 0 Å². The zero-order chi connectivity index (χ0) is 6.73. The maximum atomic E-state index is 5.38. The highest BCUT2D eigenvalue weighted by atomic mass is 15.0. The highest BCUT2D eigenvalue weighted by Gasteiger charge is 2.11. The molecular weight excluding hydrogens is 104 g/mol. The molecule has 0 radical (unpaired) electrons. The van der Waals surface area contributed by atoms with Crippen molar-refractivity contribution < 1.29 is 0 Å². The molecule has 0 amide bonds. The molecule has 0 aliphatic heterocycles. The van der Waals surface area contributed by atoms with Crippen LogP contribution in [-0.4, -0.2) is 18.2 Å². The SMILES string of the molecule is CC(N)C(N)C(N)N. The Labute approximate surface area is 49.2 Å². The number of rotatable bonds is 2. The molecule has 0 bridgehead atoms. The molecule has 8 N–H and O–H groups in total. The molecule has 8 heavy (non-hydrogen) atoms. The van der Waals surface area contributed by atoms with Gasteiger partial charge < -0.3 is 22.9 Å². The van der Waals surface area contributed by atoms with Gasteiger partial charge in [-0.2, -0.15) is 0 Å². The van der Waals surface area contributed by atoms with Gasteiger partial charge in [0.15, 0.2) is 0 Å². The summed E-state index contributed by atoms with van der Waals surface area (Å²) >= 11 is 0. The third-order valence-electron chi connectivity index (χ3n) is 1.05. The zero-order valence-corrected chi connectivity index (χ0v) is 5.04. The van der Waals surface area contributed by atoms with Crippen LogP contribution in [0.1, 0.15) is 6.92 Å². The summed E-state index contributed by atoms with van der Waals surface area (Å²) in [5, 5.41) is 0. The van der Waals surface area contributed by atoms with Crippen LogP contribution in [0.5, 0.6) is 0 Å². The van der Waals surface area contributed by atoms with Crippen molar-refractivity contribution in [3.05, 3.63) is 0 Å². The number of hydrogen-bond donors (Lipinski definition) is 4. The Morgan fingerprint density at radius 3 is 1.38 bits per heavy atom. The lowest BCUT2D eigenvalue weighted by atomic mass is 10.1. The molecule has 0 spiro atoms. The monoisotopic (exact) mass is 118 g/mol. The largest absolute Gasteiger partial charge is 0.326 e. The molecule has 0 fully saturated rings. The first-order chi connectivity index (χ1) is 3.55. The first-order valence-electron chi connectivity index (χ1n) is 2.58. The van der Waals surface area contributed by atoms with Crippen molar-refractivity contribution in [3.63, 3.8) is 0 Å². The van der Waals surface area contributed by atoms with Crippen LogP contribution in [0.3, 0.4) is 0 Å². The minimum Gasteiger partial charge on any atom is -0.326 e. The fraction of sp³-hybridized carbons (Fsp3) is 1.00. The molecule has 0 aromatic heterocycles. The molecular formula is C4H14N4. The summed E-state index contributed by atoms with van der Waals surface area (Å²) in [5.41, 5.74) is 21.2. The highest BCUT2D eigenvalue weighted by molar-refractivity contribution is 4.77. The van der Waals surface area contributed by atoms with Crippen molar-refractivity contribution in [2.75, 3.05) is 0 Å². The molecule has 4 nitrogen and oxygen atoms in total. The van der Waals surface area contributed by atoms with Crippen molar-refractivity contribution in [2.45, 2.75) is 25.2 Å². The Kier molecular flexibility index (Phi) is 2.93. The van der Waals surface area contributed by atoms with E-state index in [0.29, 0.717) is 0 Å². The van der Waals surface area contributed by atoms with Crippen molar-refractivity contribution in [1.29, 1.82) is 0 Å². The van der Waals surface area contributed by atoms with Crippen molar-refractivity contribution >= 4 is 0 Å². The average molecular weight is 118 g/mol. The molecule has 0 aliphatic rings. The lowest BCUT2D eigenvalue weighted by molar-refractivity contribution is 0.472. The highest BCUT2D eigenvalue weighted by Crippen LogP contribution is 1.83. The van der Waals surface area contributed by atoms with E-state index < -0.39 is 6.17 Å². The molecule has 0 saturated heterocycles. The lowest BCUT2D eigenvalue weighted by Gasteiger charge is -2.18. The first-order valence-corrected chi connectivity index (χ1v) is 2.58. The van der Waals surface area contributed by atoms with Crippen molar-refractivity contribution in [2.24, 2.45) is 22.9 Å². The van der Waals surface area contributed by atoms with Gasteiger partial charge in [0.1, 0.15) is 0 Å². The standard InChI is InChI=1S/C4H14N4/c1-2(5)3(6)4(7)8/h2-4H,5-8H2,1H3. The van der Waals surface area contributed by atoms with E-state index in [2.05, 4.69) is 0 Å². The topological polar surface area (TPSA) is 104 Å². The fourth-order valence-electron chi connectivity index (χ4n) is 0.351. The zero-order valence-electron chi connectivity index (χ0n) is 5.04. The van der Waals surface area contributed by atoms with E-state index in [1.54, 1.807) is 6.92 Å². The predicted molar refractivity (Wildman–Crippen MR) is 33.8 cm³/mol. The molecule has 4 heteroatoms. The van der Waals surface area contributed by atoms with Gasteiger partial charge >= 0.3 is 0 Å². The summed E-state index contributed by atoms with van der Waals surface area (Å²) in [7, 11) is 0. The second kappa shape index (κ2) is 2.99. The van der Waals surface area contributed by atoms with Gasteiger partial charge in [0.05, 0.1) is 6.17 Å². The van der Waals surface area contributed by atoms with Gasteiger partial charge in [0, 0.05) is 12.1 Å². The molecule has 0 aliphatic carbocycles. The van der Waals surface area contributed by atoms with E-state index in [1.807, 2.05) is 0 Å². The smallest absolute Gasteiger partial charge is 0.0692 e. The second-order valence-electron chi connectivity index (χ2n) is 2.01. The van der Waals surface area contributed by atoms with E-state index in [1.165, 1.54) is 0 Å². The summed E-state index contributed by atoms with van der Waals surface area (Å²) in [6, 6.07) is -0.426. The Morgan fingerprint density at radius 2 is 1.38 bits per heavy atom. The first kappa shape index (κ1) is 7.84. The number of hydrogen-bond acceptors (Lipinski definition) is 4. The summed E-state index contributed by atoms with van der Waals surface area (Å²) < 4.78 is 0. The van der Waals surface area contributed by atoms with Crippen LogP contribution >= 0.6 is 0 Å². The van der Waals surface area contributed by atoms with E-state index in [-0.39, 0.29) is 12.1 Å². The lowest BCUT2D eigenvalue weighted by Crippen LogP contribution is -2.56. The molecule has 2 unspecified atom stereocenters. The molecule has 2 atom stereocenters. The fourth-order valence-corrected chi connectivity index (χ4v) is 0.351. The molecule has 0 rings (SSSR count). The molecule has 0 saturated carbocycles. The van der Waals surface area contributed by atoms with Crippen LogP contribution in [0, 0.1) is 0 Å². The van der Waals surface area contributed by atoms with Gasteiger partial charge in [0.25, 0.3) is 0 Å². The molecule has 0 aromatic rings. The van der Waals surface area contributed by atoms with Gasteiger partial charge in [-0.3, -0.25) is 0 Å². The average Bonchev–Trinajstić information content (AvgIpc) is 1.64. The van der Waals surface area contributed by atoms with Crippen LogP contribution in [0.2, 0.25) is 0 Å². The van der Waals surface area contributed by atoms with Crippen LogP contribution < -0.4 is 22.9 Å². The van der Waals surface area contributed by atoms with Gasteiger partial charge in [-0.1, -0.05) is 0 Å². The Hall–Kier alpha value is -0.160. The summed E-state index contributed by atoms with van der Waals surface area (Å²) in [6.45, 7) is 1.78. The minimum atomic E-state index is -0.505. The van der Waals surface area contributed by atoms with E-state index in [4.69, 9.17) is 22.9 Å². The van der Waals surface area contributed by atoms with Crippen LogP contribution in [0.15, 0.2) is 0 Å². The minimum absolute atomic E-state index is 0.130. The Balaban J connectivity index is 3.46. The van der Waals surface area contributed by atoms with Gasteiger partial charge in [-0.05, 0) is 6.92 Å². The van der Waals surface area contributed by atoms with E-state index in [0.717, 1.165) is 0 Å². The van der Waals surface area contributed by atoms with Gasteiger partial charge in [-0.25, -0.2) is 0 Å². The van der Waals surface area contributed by atoms with Crippen LogP contribution in [-0.2, 0) is 0 Å². The molecule has 0 aromatic carbocycles. The van der Waals surface area contributed by atoms with Gasteiger partial charge in [-0.15, -0.1) is 0 Å². The third kappa shape index (κ3) is 2.23. The maximum Gasteiger partial charge on any atom is 0.0692 e. The Bertz CT molecular complexity index is 53.1. The predicted octanol–water partition coefficient (Wildman–Crippen LogP) is -2.10. The quantitative estimate of drug-likeness (QED) is 0.312. The number of nitrogens with two attached hydrogens (primary N) is 4. The Morgan fingerprint density at radius 1 is 1.00 bits per heavy atom. The molecule has 0 heterocycles. The summed E-state index contributed by atoms with van der Waals surface area (Å²) in [4.78, 5) is 0. The van der Waals surface area contributed by atoms with E-state index in [9.17, 15) is 0 Å².